The Bertz CT molecular complexity index is 866. The second kappa shape index (κ2) is 5.32. The molecule has 6 nitrogen and oxygen atoms in total. The van der Waals surface area contributed by atoms with Gasteiger partial charge in [-0.15, -0.1) is 0 Å². The molecule has 27 heavy (non-hydrogen) atoms. The van der Waals surface area contributed by atoms with Crippen LogP contribution in [0, 0.1) is 5.92 Å². The van der Waals surface area contributed by atoms with Crippen molar-refractivity contribution >= 4 is 11.8 Å². The fraction of sp³-hybridized carbons (Fsp3) is 0.619. The Kier molecular flexibility index (Phi) is 3.39. The summed E-state index contributed by atoms with van der Waals surface area (Å²) in [5.41, 5.74) is 6.80. The van der Waals surface area contributed by atoms with Gasteiger partial charge >= 0.3 is 5.97 Å². The van der Waals surface area contributed by atoms with E-state index in [9.17, 15) is 9.59 Å². The molecule has 2 aliphatic carbocycles. The topological polar surface area (TPSA) is 81.9 Å². The number of benzene rings is 1. The highest BCUT2D eigenvalue weighted by Crippen LogP contribution is 2.66. The normalized spacial score (nSPS) is 37.4. The van der Waals surface area contributed by atoms with Crippen LogP contribution in [0.15, 0.2) is 12.1 Å². The molecule has 144 valence electrons. The number of likely N-dealkylation sites (tertiary alicyclic amines) is 1. The number of ketones is 1. The van der Waals surface area contributed by atoms with Crippen LogP contribution in [-0.4, -0.2) is 47.9 Å². The molecule has 1 aromatic rings. The summed E-state index contributed by atoms with van der Waals surface area (Å²) >= 11 is 0. The first kappa shape index (κ1) is 17.2. The van der Waals surface area contributed by atoms with Gasteiger partial charge in [-0.05, 0) is 64.3 Å². The maximum absolute atomic E-state index is 13.1. The van der Waals surface area contributed by atoms with Gasteiger partial charge in [0.1, 0.15) is 6.04 Å². The van der Waals surface area contributed by atoms with Crippen molar-refractivity contribution in [1.29, 1.82) is 0 Å². The van der Waals surface area contributed by atoms with Gasteiger partial charge in [0.2, 0.25) is 0 Å². The van der Waals surface area contributed by atoms with Gasteiger partial charge in [0.25, 0.3) is 0 Å². The van der Waals surface area contributed by atoms with Crippen LogP contribution in [-0.2, 0) is 21.4 Å². The SMILES string of the molecule is CC(N)C(=O)Oc1ccc2c3c1O[C@@]1(C)C(=O)CC[C@H]4C(C2)N(C)CC[C@@]341. The molecule has 4 aliphatic rings. The molecule has 2 heterocycles. The molecule has 2 unspecified atom stereocenters. The van der Waals surface area contributed by atoms with Crippen molar-refractivity contribution in [3.63, 3.8) is 0 Å². The number of carbonyl (C=O) groups excluding carboxylic acids is 2. The lowest BCUT2D eigenvalue weighted by Crippen LogP contribution is -2.70. The van der Waals surface area contributed by atoms with Crippen LogP contribution < -0.4 is 15.2 Å². The first-order valence-electron chi connectivity index (χ1n) is 9.86. The Balaban J connectivity index is 1.73. The molecule has 0 aromatic heterocycles. The third kappa shape index (κ3) is 1.93. The predicted molar refractivity (Wildman–Crippen MR) is 98.9 cm³/mol. The third-order valence-electron chi connectivity index (χ3n) is 7.56. The van der Waals surface area contributed by atoms with Crippen LogP contribution >= 0.6 is 0 Å². The average Bonchev–Trinajstić information content (AvgIpc) is 2.91. The summed E-state index contributed by atoms with van der Waals surface area (Å²) in [5, 5.41) is 0. The summed E-state index contributed by atoms with van der Waals surface area (Å²) in [6.45, 7) is 4.49. The molecule has 5 rings (SSSR count). The number of piperidine rings is 1. The number of esters is 1. The lowest BCUT2D eigenvalue weighted by molar-refractivity contribution is -0.153. The number of nitrogens with two attached hydrogens (primary N) is 1. The molecule has 0 amide bonds. The second-order valence-corrected chi connectivity index (χ2v) is 8.81. The summed E-state index contributed by atoms with van der Waals surface area (Å²) in [6, 6.07) is 3.55. The Morgan fingerprint density at radius 1 is 1.44 bits per heavy atom. The lowest BCUT2D eigenvalue weighted by atomic mass is 9.47. The highest BCUT2D eigenvalue weighted by molar-refractivity contribution is 5.93. The molecule has 2 fully saturated rings. The van der Waals surface area contributed by atoms with Gasteiger partial charge in [-0.2, -0.15) is 0 Å². The molecule has 1 saturated carbocycles. The van der Waals surface area contributed by atoms with E-state index >= 15 is 0 Å². The summed E-state index contributed by atoms with van der Waals surface area (Å²) in [7, 11) is 2.19. The highest BCUT2D eigenvalue weighted by atomic mass is 16.6. The van der Waals surface area contributed by atoms with Gasteiger partial charge in [0, 0.05) is 18.0 Å². The van der Waals surface area contributed by atoms with Gasteiger partial charge in [-0.3, -0.25) is 4.79 Å². The van der Waals surface area contributed by atoms with Crippen LogP contribution in [0.1, 0.15) is 44.2 Å². The molecule has 2 aliphatic heterocycles. The van der Waals surface area contributed by atoms with Crippen LogP contribution in [0.25, 0.3) is 0 Å². The van der Waals surface area contributed by atoms with Gasteiger partial charge in [-0.1, -0.05) is 6.07 Å². The Labute approximate surface area is 159 Å². The first-order valence-corrected chi connectivity index (χ1v) is 9.86. The molecule has 5 atom stereocenters. The van der Waals surface area contributed by atoms with Crippen molar-refractivity contribution in [3.05, 3.63) is 23.3 Å². The number of likely N-dealkylation sites (N-methyl/N-ethyl adjacent to an activating group) is 1. The van der Waals surface area contributed by atoms with Gasteiger partial charge in [-0.25, -0.2) is 4.79 Å². The lowest BCUT2D eigenvalue weighted by Gasteiger charge is -2.60. The molecule has 1 aromatic carbocycles. The number of rotatable bonds is 2. The highest BCUT2D eigenvalue weighted by Gasteiger charge is 2.71. The van der Waals surface area contributed by atoms with E-state index in [1.54, 1.807) is 13.0 Å². The first-order chi connectivity index (χ1) is 12.8. The second-order valence-electron chi connectivity index (χ2n) is 8.81. The van der Waals surface area contributed by atoms with E-state index in [0.29, 0.717) is 29.9 Å². The number of carbonyl (C=O) groups is 2. The maximum Gasteiger partial charge on any atom is 0.328 e. The van der Waals surface area contributed by atoms with E-state index in [2.05, 4.69) is 11.9 Å². The van der Waals surface area contributed by atoms with Crippen molar-refractivity contribution < 1.29 is 19.1 Å². The Hall–Kier alpha value is -1.92. The minimum Gasteiger partial charge on any atom is -0.475 e. The zero-order chi connectivity index (χ0) is 19.1. The quantitative estimate of drug-likeness (QED) is 0.629. The van der Waals surface area contributed by atoms with Crippen LogP contribution in [0.4, 0.5) is 0 Å². The zero-order valence-corrected chi connectivity index (χ0v) is 16.1. The van der Waals surface area contributed by atoms with E-state index in [1.165, 1.54) is 5.56 Å². The van der Waals surface area contributed by atoms with Crippen molar-refractivity contribution in [1.82, 2.24) is 4.90 Å². The zero-order valence-electron chi connectivity index (χ0n) is 16.1. The fourth-order valence-electron chi connectivity index (χ4n) is 6.22. The van der Waals surface area contributed by atoms with Crippen molar-refractivity contribution in [3.8, 4) is 11.5 Å². The van der Waals surface area contributed by atoms with Crippen LogP contribution in [0.2, 0.25) is 0 Å². The van der Waals surface area contributed by atoms with Crippen LogP contribution in [0.3, 0.4) is 0 Å². The number of Topliss-reactive ketones (excluding diaryl/α,β-unsaturated/α-hetero) is 1. The largest absolute Gasteiger partial charge is 0.475 e. The van der Waals surface area contributed by atoms with E-state index in [1.807, 2.05) is 13.0 Å². The van der Waals surface area contributed by atoms with E-state index in [0.717, 1.165) is 31.4 Å². The van der Waals surface area contributed by atoms with Crippen molar-refractivity contribution in [2.75, 3.05) is 13.6 Å². The van der Waals surface area contributed by atoms with Crippen molar-refractivity contribution in [2.45, 2.75) is 62.6 Å². The molecule has 2 N–H and O–H groups in total. The number of nitrogens with zero attached hydrogens (tertiary/aromatic N) is 1. The predicted octanol–water partition coefficient (Wildman–Crippen LogP) is 1.57. The summed E-state index contributed by atoms with van der Waals surface area (Å²) in [4.78, 5) is 27.7. The maximum atomic E-state index is 13.1. The van der Waals surface area contributed by atoms with E-state index < -0.39 is 17.6 Å². The molecular formula is C21H26N2O4. The molecule has 1 spiro atoms. The average molecular weight is 370 g/mol. The third-order valence-corrected chi connectivity index (χ3v) is 7.56. The number of hydrogen-bond donors (Lipinski definition) is 1. The number of ether oxygens (including phenoxy) is 2. The minimum absolute atomic E-state index is 0.163. The fourth-order valence-corrected chi connectivity index (χ4v) is 6.22. The Morgan fingerprint density at radius 3 is 2.96 bits per heavy atom. The van der Waals surface area contributed by atoms with Gasteiger partial charge < -0.3 is 20.1 Å². The smallest absolute Gasteiger partial charge is 0.328 e. The van der Waals surface area contributed by atoms with Crippen molar-refractivity contribution in [2.24, 2.45) is 11.7 Å². The minimum atomic E-state index is -0.885. The summed E-state index contributed by atoms with van der Waals surface area (Å²) < 4.78 is 12.0. The van der Waals surface area contributed by atoms with Crippen LogP contribution in [0.5, 0.6) is 11.5 Å². The molecule has 6 heteroatoms. The molecule has 1 saturated heterocycles. The van der Waals surface area contributed by atoms with Gasteiger partial charge in [0.15, 0.2) is 22.9 Å². The number of hydrogen-bond acceptors (Lipinski definition) is 6. The van der Waals surface area contributed by atoms with E-state index in [-0.39, 0.29) is 11.2 Å². The monoisotopic (exact) mass is 370 g/mol. The van der Waals surface area contributed by atoms with E-state index in [4.69, 9.17) is 15.2 Å². The molecule has 2 bridgehead atoms. The summed E-state index contributed by atoms with van der Waals surface area (Å²) in [6.07, 6.45) is 3.28. The Morgan fingerprint density at radius 2 is 2.22 bits per heavy atom. The standard InChI is InChI=1S/C21H26N2O4/c1-11(22)19(25)26-15-6-4-12-10-14-13-5-7-16(24)20(2)21(13,8-9-23(14)3)17(12)18(15)27-20/h4,6,11,13-14H,5,7-10,22H2,1-3H3/t11?,13-,14?,20-,21-/m0/s1. The van der Waals surface area contributed by atoms with Gasteiger partial charge in [0.05, 0.1) is 5.41 Å². The summed E-state index contributed by atoms with van der Waals surface area (Å²) in [5.74, 6) is 1.03. The molecular weight excluding hydrogens is 344 g/mol. The molecule has 0 radical (unpaired) electrons.